The summed E-state index contributed by atoms with van der Waals surface area (Å²) in [4.78, 5) is 11.0. The number of aromatic nitrogens is 1. The molecule has 2 aromatic rings. The SMILES string of the molecule is CN=C(NCc1ccc(OC)c(OC)c1)N(C)Cc1csc(C(C)OC)n1.I. The van der Waals surface area contributed by atoms with E-state index in [2.05, 4.69) is 20.7 Å². The molecule has 1 aromatic heterocycles. The largest absolute Gasteiger partial charge is 0.493 e. The quantitative estimate of drug-likeness (QED) is 0.326. The van der Waals surface area contributed by atoms with Gasteiger partial charge in [0.1, 0.15) is 11.1 Å². The van der Waals surface area contributed by atoms with Crippen molar-refractivity contribution < 1.29 is 14.2 Å². The number of hydrogen-bond donors (Lipinski definition) is 1. The fourth-order valence-corrected chi connectivity index (χ4v) is 3.40. The first-order valence-electron chi connectivity index (χ1n) is 8.62. The number of hydrogen-bond acceptors (Lipinski definition) is 6. The van der Waals surface area contributed by atoms with Gasteiger partial charge in [-0.2, -0.15) is 0 Å². The summed E-state index contributed by atoms with van der Waals surface area (Å²) in [6.45, 7) is 3.29. The van der Waals surface area contributed by atoms with Crippen molar-refractivity contribution >= 4 is 41.3 Å². The molecule has 0 amide bonds. The van der Waals surface area contributed by atoms with E-state index in [1.54, 1.807) is 39.7 Å². The molecule has 1 heterocycles. The number of halogens is 1. The summed E-state index contributed by atoms with van der Waals surface area (Å²) in [6.07, 6.45) is 0.0107. The molecular weight excluding hydrogens is 491 g/mol. The molecule has 0 saturated heterocycles. The second-order valence-corrected chi connectivity index (χ2v) is 6.89. The fraction of sp³-hybridized carbons (Fsp3) is 0.474. The van der Waals surface area contributed by atoms with Gasteiger partial charge in [0.2, 0.25) is 0 Å². The Morgan fingerprint density at radius 3 is 2.57 bits per heavy atom. The molecule has 7 nitrogen and oxygen atoms in total. The van der Waals surface area contributed by atoms with Crippen LogP contribution in [-0.4, -0.2) is 51.3 Å². The number of ether oxygens (including phenoxy) is 3. The molecule has 28 heavy (non-hydrogen) atoms. The van der Waals surface area contributed by atoms with E-state index in [0.717, 1.165) is 22.2 Å². The van der Waals surface area contributed by atoms with E-state index >= 15 is 0 Å². The third kappa shape index (κ3) is 6.49. The summed E-state index contributed by atoms with van der Waals surface area (Å²) >= 11 is 1.61. The van der Waals surface area contributed by atoms with Gasteiger partial charge in [-0.15, -0.1) is 35.3 Å². The Kier molecular flexibility index (Phi) is 10.5. The summed E-state index contributed by atoms with van der Waals surface area (Å²) in [7, 11) is 8.71. The van der Waals surface area contributed by atoms with Gasteiger partial charge in [-0.05, 0) is 24.6 Å². The van der Waals surface area contributed by atoms with Crippen LogP contribution in [0.2, 0.25) is 0 Å². The van der Waals surface area contributed by atoms with Gasteiger partial charge in [-0.25, -0.2) is 4.98 Å². The summed E-state index contributed by atoms with van der Waals surface area (Å²) in [5.74, 6) is 2.22. The van der Waals surface area contributed by atoms with E-state index < -0.39 is 0 Å². The Morgan fingerprint density at radius 2 is 1.96 bits per heavy atom. The Labute approximate surface area is 188 Å². The average molecular weight is 520 g/mol. The zero-order valence-electron chi connectivity index (χ0n) is 17.2. The molecule has 0 bridgehead atoms. The van der Waals surface area contributed by atoms with Crippen LogP contribution in [0.3, 0.4) is 0 Å². The Morgan fingerprint density at radius 1 is 1.25 bits per heavy atom. The average Bonchev–Trinajstić information content (AvgIpc) is 3.15. The molecule has 0 spiro atoms. The minimum absolute atomic E-state index is 0. The number of aliphatic imine (C=N–C) groups is 1. The predicted octanol–water partition coefficient (Wildman–Crippen LogP) is 3.69. The first-order chi connectivity index (χ1) is 13.0. The van der Waals surface area contributed by atoms with Crippen LogP contribution in [0.15, 0.2) is 28.6 Å². The molecule has 0 aliphatic rings. The molecule has 0 fully saturated rings. The summed E-state index contributed by atoms with van der Waals surface area (Å²) in [5, 5.41) is 6.40. The lowest BCUT2D eigenvalue weighted by Crippen LogP contribution is -2.38. The van der Waals surface area contributed by atoms with E-state index in [9.17, 15) is 0 Å². The number of guanidine groups is 1. The Hall–Kier alpha value is -1.59. The zero-order valence-corrected chi connectivity index (χ0v) is 20.3. The van der Waals surface area contributed by atoms with Gasteiger partial charge >= 0.3 is 0 Å². The van der Waals surface area contributed by atoms with Crippen LogP contribution in [0.25, 0.3) is 0 Å². The summed E-state index contributed by atoms with van der Waals surface area (Å²) in [5.41, 5.74) is 2.07. The van der Waals surface area contributed by atoms with Crippen LogP contribution in [-0.2, 0) is 17.8 Å². The minimum Gasteiger partial charge on any atom is -0.493 e. The van der Waals surface area contributed by atoms with Gasteiger partial charge < -0.3 is 24.4 Å². The van der Waals surface area contributed by atoms with Crippen LogP contribution < -0.4 is 14.8 Å². The number of methoxy groups -OCH3 is 3. The smallest absolute Gasteiger partial charge is 0.194 e. The van der Waals surface area contributed by atoms with Gasteiger partial charge in [-0.3, -0.25) is 4.99 Å². The van der Waals surface area contributed by atoms with E-state index in [1.807, 2.05) is 37.1 Å². The third-order valence-corrected chi connectivity index (χ3v) is 5.20. The fourth-order valence-electron chi connectivity index (χ4n) is 2.56. The van der Waals surface area contributed by atoms with Gasteiger partial charge in [0.25, 0.3) is 0 Å². The monoisotopic (exact) mass is 520 g/mol. The predicted molar refractivity (Wildman–Crippen MR) is 124 cm³/mol. The second-order valence-electron chi connectivity index (χ2n) is 6.00. The number of benzene rings is 1. The molecule has 0 saturated carbocycles. The number of rotatable bonds is 8. The highest BCUT2D eigenvalue weighted by molar-refractivity contribution is 14.0. The third-order valence-electron chi connectivity index (χ3n) is 4.14. The molecule has 0 radical (unpaired) electrons. The maximum absolute atomic E-state index is 5.36. The standard InChI is InChI=1S/C19H28N4O3S.HI/c1-13(24-4)18-22-15(12-27-18)11-23(3)19(20-2)21-10-14-7-8-16(25-5)17(9-14)26-6;/h7-9,12-13H,10-11H2,1-6H3,(H,20,21);1H. The Balaban J connectivity index is 0.00000392. The van der Waals surface area contributed by atoms with Crippen molar-refractivity contribution in [1.29, 1.82) is 0 Å². The van der Waals surface area contributed by atoms with Crippen molar-refractivity contribution in [2.24, 2.45) is 4.99 Å². The van der Waals surface area contributed by atoms with E-state index in [1.165, 1.54) is 0 Å². The number of nitrogens with one attached hydrogen (secondary N) is 1. The molecule has 156 valence electrons. The molecule has 1 N–H and O–H groups in total. The van der Waals surface area contributed by atoms with E-state index in [0.29, 0.717) is 24.6 Å². The summed E-state index contributed by atoms with van der Waals surface area (Å²) < 4.78 is 16.0. The molecule has 9 heteroatoms. The normalized spacial score (nSPS) is 12.1. The molecule has 0 aliphatic carbocycles. The van der Waals surface area contributed by atoms with E-state index in [-0.39, 0.29) is 30.1 Å². The zero-order chi connectivity index (χ0) is 19.8. The Bertz CT molecular complexity index is 769. The van der Waals surface area contributed by atoms with Crippen LogP contribution >= 0.6 is 35.3 Å². The van der Waals surface area contributed by atoms with Gasteiger partial charge in [0, 0.05) is 33.1 Å². The highest BCUT2D eigenvalue weighted by Crippen LogP contribution is 2.27. The van der Waals surface area contributed by atoms with Crippen LogP contribution in [0.1, 0.15) is 29.3 Å². The number of nitrogens with zero attached hydrogens (tertiary/aromatic N) is 3. The van der Waals surface area contributed by atoms with Crippen molar-refractivity contribution in [1.82, 2.24) is 15.2 Å². The molecule has 1 unspecified atom stereocenters. The maximum Gasteiger partial charge on any atom is 0.194 e. The topological polar surface area (TPSA) is 68.2 Å². The van der Waals surface area contributed by atoms with Gasteiger partial charge in [-0.1, -0.05) is 6.07 Å². The lowest BCUT2D eigenvalue weighted by molar-refractivity contribution is 0.119. The van der Waals surface area contributed by atoms with Gasteiger partial charge in [0.15, 0.2) is 17.5 Å². The lowest BCUT2D eigenvalue weighted by Gasteiger charge is -2.21. The van der Waals surface area contributed by atoms with Gasteiger partial charge in [0.05, 0.1) is 26.5 Å². The second kappa shape index (κ2) is 12.1. The molecule has 1 atom stereocenters. The first-order valence-corrected chi connectivity index (χ1v) is 9.50. The summed E-state index contributed by atoms with van der Waals surface area (Å²) in [6, 6.07) is 5.86. The van der Waals surface area contributed by atoms with Crippen molar-refractivity contribution in [2.75, 3.05) is 35.4 Å². The number of thiazole rings is 1. The molecule has 2 rings (SSSR count). The van der Waals surface area contributed by atoms with Crippen LogP contribution in [0.5, 0.6) is 11.5 Å². The van der Waals surface area contributed by atoms with Crippen LogP contribution in [0, 0.1) is 0 Å². The minimum atomic E-state index is 0. The molecule has 1 aromatic carbocycles. The molecular formula is C19H29IN4O3S. The highest BCUT2D eigenvalue weighted by atomic mass is 127. The van der Waals surface area contributed by atoms with Crippen molar-refractivity contribution in [3.05, 3.63) is 39.8 Å². The molecule has 0 aliphatic heterocycles. The maximum atomic E-state index is 5.36. The van der Waals surface area contributed by atoms with Crippen LogP contribution in [0.4, 0.5) is 0 Å². The lowest BCUT2D eigenvalue weighted by atomic mass is 10.2. The highest BCUT2D eigenvalue weighted by Gasteiger charge is 2.13. The van der Waals surface area contributed by atoms with Crippen molar-refractivity contribution in [3.63, 3.8) is 0 Å². The van der Waals surface area contributed by atoms with Crippen molar-refractivity contribution in [3.8, 4) is 11.5 Å². The first kappa shape index (κ1) is 24.4. The van der Waals surface area contributed by atoms with Crippen molar-refractivity contribution in [2.45, 2.75) is 26.1 Å². The van der Waals surface area contributed by atoms with E-state index in [4.69, 9.17) is 14.2 Å².